The molecule has 0 aromatic heterocycles. The molecular weight excluding hydrogens is 212 g/mol. The summed E-state index contributed by atoms with van der Waals surface area (Å²) in [5, 5.41) is 0. The Hall–Kier alpha value is -1.33. The molecule has 0 atom stereocenters. The van der Waals surface area contributed by atoms with Crippen LogP contribution in [0.3, 0.4) is 0 Å². The summed E-state index contributed by atoms with van der Waals surface area (Å²) in [6.07, 6.45) is 3.37. The van der Waals surface area contributed by atoms with Gasteiger partial charge in [0, 0.05) is 6.20 Å². The predicted molar refractivity (Wildman–Crippen MR) is 57.3 cm³/mol. The first-order valence-corrected chi connectivity index (χ1v) is 6.05. The fourth-order valence-electron chi connectivity index (χ4n) is 1.34. The molecule has 0 amide bonds. The average molecular weight is 224 g/mol. The molecule has 5 heteroatoms. The van der Waals surface area contributed by atoms with Crippen molar-refractivity contribution in [1.82, 2.24) is 9.84 Å². The lowest BCUT2D eigenvalue weighted by molar-refractivity contribution is 0.414. The summed E-state index contributed by atoms with van der Waals surface area (Å²) in [6.45, 7) is 2.29. The number of aryl methyl sites for hydroxylation is 1. The Morgan fingerprint density at radius 3 is 2.47 bits per heavy atom. The van der Waals surface area contributed by atoms with E-state index in [2.05, 4.69) is 5.43 Å². The van der Waals surface area contributed by atoms with Crippen LogP contribution in [0.2, 0.25) is 0 Å². The van der Waals surface area contributed by atoms with E-state index in [4.69, 9.17) is 0 Å². The number of nitrogens with zero attached hydrogens (tertiary/aromatic N) is 1. The monoisotopic (exact) mass is 224 g/mol. The molecule has 1 aromatic rings. The smallest absolute Gasteiger partial charge is 0.260 e. The molecule has 0 fully saturated rings. The average Bonchev–Trinajstić information content (AvgIpc) is 2.71. The van der Waals surface area contributed by atoms with E-state index in [1.165, 1.54) is 4.41 Å². The van der Waals surface area contributed by atoms with Crippen LogP contribution in [0, 0.1) is 6.92 Å². The van der Waals surface area contributed by atoms with Crippen LogP contribution in [0.15, 0.2) is 41.4 Å². The van der Waals surface area contributed by atoms with E-state index in [1.54, 1.807) is 36.5 Å². The van der Waals surface area contributed by atoms with Crippen molar-refractivity contribution < 1.29 is 8.42 Å². The molecule has 2 rings (SSSR count). The van der Waals surface area contributed by atoms with Crippen LogP contribution < -0.4 is 5.43 Å². The van der Waals surface area contributed by atoms with Crippen LogP contribution in [-0.4, -0.2) is 19.4 Å². The van der Waals surface area contributed by atoms with Gasteiger partial charge in [-0.15, -0.1) is 4.41 Å². The van der Waals surface area contributed by atoms with E-state index < -0.39 is 10.0 Å². The zero-order chi connectivity index (χ0) is 10.9. The molecular formula is C10H12N2O2S. The first kappa shape index (κ1) is 10.2. The van der Waals surface area contributed by atoms with Crippen LogP contribution in [0.5, 0.6) is 0 Å². The lowest BCUT2D eigenvalue weighted by Gasteiger charge is -2.16. The maximum Gasteiger partial charge on any atom is 0.260 e. The zero-order valence-electron chi connectivity index (χ0n) is 8.34. The molecule has 0 radical (unpaired) electrons. The maximum absolute atomic E-state index is 12.0. The van der Waals surface area contributed by atoms with E-state index in [0.717, 1.165) is 5.56 Å². The Kier molecular flexibility index (Phi) is 2.50. The highest BCUT2D eigenvalue weighted by Gasteiger charge is 2.24. The lowest BCUT2D eigenvalue weighted by atomic mass is 10.2. The molecule has 0 saturated heterocycles. The zero-order valence-corrected chi connectivity index (χ0v) is 9.16. The van der Waals surface area contributed by atoms with E-state index in [9.17, 15) is 8.42 Å². The molecule has 80 valence electrons. The molecule has 0 aliphatic carbocycles. The second-order valence-corrected chi connectivity index (χ2v) is 5.24. The highest BCUT2D eigenvalue weighted by Crippen LogP contribution is 2.15. The fraction of sp³-hybridized carbons (Fsp3) is 0.200. The van der Waals surface area contributed by atoms with E-state index in [1.807, 2.05) is 6.92 Å². The molecule has 15 heavy (non-hydrogen) atoms. The third-order valence-corrected chi connectivity index (χ3v) is 3.92. The van der Waals surface area contributed by atoms with Gasteiger partial charge in [-0.3, -0.25) is 0 Å². The standard InChI is InChI=1S/C10H12N2O2S/c1-9-3-5-10(6-4-9)15(13,14)12-8-2-7-11-12/h2-7,11H,8H2,1H3. The number of nitrogens with one attached hydrogen (secondary N) is 1. The first-order chi connectivity index (χ1) is 7.10. The largest absolute Gasteiger partial charge is 0.313 e. The van der Waals surface area contributed by atoms with Crippen molar-refractivity contribution in [2.24, 2.45) is 0 Å². The molecule has 4 nitrogen and oxygen atoms in total. The van der Waals surface area contributed by atoms with Gasteiger partial charge in [0.25, 0.3) is 10.0 Å². The number of hydrogen-bond donors (Lipinski definition) is 1. The summed E-state index contributed by atoms with van der Waals surface area (Å²) in [4.78, 5) is 0.310. The highest BCUT2D eigenvalue weighted by atomic mass is 32.2. The van der Waals surface area contributed by atoms with Gasteiger partial charge in [0.1, 0.15) is 0 Å². The normalized spacial score (nSPS) is 16.6. The number of rotatable bonds is 2. The quantitative estimate of drug-likeness (QED) is 0.816. The summed E-state index contributed by atoms with van der Waals surface area (Å²) < 4.78 is 25.1. The van der Waals surface area contributed by atoms with Crippen molar-refractivity contribution in [1.29, 1.82) is 0 Å². The van der Waals surface area contributed by atoms with Gasteiger partial charge in [-0.05, 0) is 19.1 Å². The molecule has 0 saturated carbocycles. The number of hydrazine groups is 1. The molecule has 0 unspecified atom stereocenters. The molecule has 1 aliphatic heterocycles. The minimum Gasteiger partial charge on any atom is -0.313 e. The Morgan fingerprint density at radius 1 is 1.27 bits per heavy atom. The SMILES string of the molecule is Cc1ccc(S(=O)(=O)N2CC=CN2)cc1. The summed E-state index contributed by atoms with van der Waals surface area (Å²) in [7, 11) is -3.40. The molecule has 0 bridgehead atoms. The third kappa shape index (κ3) is 1.88. The van der Waals surface area contributed by atoms with E-state index in [-0.39, 0.29) is 0 Å². The molecule has 0 spiro atoms. The van der Waals surface area contributed by atoms with Crippen LogP contribution in [0.1, 0.15) is 5.56 Å². The Labute approximate surface area is 89.2 Å². The van der Waals surface area contributed by atoms with Crippen LogP contribution in [-0.2, 0) is 10.0 Å². The van der Waals surface area contributed by atoms with Crippen molar-refractivity contribution >= 4 is 10.0 Å². The predicted octanol–water partition coefficient (Wildman–Crippen LogP) is 1.02. The Balaban J connectivity index is 2.33. The van der Waals surface area contributed by atoms with Gasteiger partial charge in [0.2, 0.25) is 0 Å². The minimum atomic E-state index is -3.40. The number of sulfonamides is 1. The second-order valence-electron chi connectivity index (χ2n) is 3.38. The molecule has 1 aliphatic rings. The van der Waals surface area contributed by atoms with Crippen LogP contribution in [0.25, 0.3) is 0 Å². The second kappa shape index (κ2) is 3.67. The summed E-state index contributed by atoms with van der Waals surface area (Å²) in [5.41, 5.74) is 3.72. The Bertz CT molecular complexity index is 469. The van der Waals surface area contributed by atoms with Crippen molar-refractivity contribution in [3.8, 4) is 0 Å². The van der Waals surface area contributed by atoms with Gasteiger partial charge < -0.3 is 5.43 Å². The Morgan fingerprint density at radius 2 is 1.93 bits per heavy atom. The van der Waals surface area contributed by atoms with Crippen LogP contribution >= 0.6 is 0 Å². The summed E-state index contributed by atoms with van der Waals surface area (Å²) in [6, 6.07) is 6.81. The van der Waals surface area contributed by atoms with Gasteiger partial charge in [-0.25, -0.2) is 8.42 Å². The first-order valence-electron chi connectivity index (χ1n) is 4.61. The van der Waals surface area contributed by atoms with Crippen LogP contribution in [0.4, 0.5) is 0 Å². The van der Waals surface area contributed by atoms with Crippen molar-refractivity contribution in [3.05, 3.63) is 42.1 Å². The topological polar surface area (TPSA) is 49.4 Å². The van der Waals surface area contributed by atoms with Crippen molar-refractivity contribution in [3.63, 3.8) is 0 Å². The summed E-state index contributed by atoms with van der Waals surface area (Å²) >= 11 is 0. The van der Waals surface area contributed by atoms with Gasteiger partial charge in [0.05, 0.1) is 11.4 Å². The maximum atomic E-state index is 12.0. The minimum absolute atomic E-state index is 0.310. The van der Waals surface area contributed by atoms with Gasteiger partial charge >= 0.3 is 0 Å². The van der Waals surface area contributed by atoms with Gasteiger partial charge in [-0.2, -0.15) is 0 Å². The lowest BCUT2D eigenvalue weighted by Crippen LogP contribution is -2.36. The summed E-state index contributed by atoms with van der Waals surface area (Å²) in [5.74, 6) is 0. The molecule has 1 heterocycles. The van der Waals surface area contributed by atoms with Crippen molar-refractivity contribution in [2.45, 2.75) is 11.8 Å². The fourth-order valence-corrected chi connectivity index (χ4v) is 2.56. The number of benzene rings is 1. The van der Waals surface area contributed by atoms with Crippen molar-refractivity contribution in [2.75, 3.05) is 6.54 Å². The molecule has 1 aromatic carbocycles. The highest BCUT2D eigenvalue weighted by molar-refractivity contribution is 7.89. The van der Waals surface area contributed by atoms with Gasteiger partial charge in [0.15, 0.2) is 0 Å². The molecule has 1 N–H and O–H groups in total. The van der Waals surface area contributed by atoms with E-state index in [0.29, 0.717) is 11.4 Å². The third-order valence-electron chi connectivity index (χ3n) is 2.22. The van der Waals surface area contributed by atoms with E-state index >= 15 is 0 Å². The number of hydrogen-bond acceptors (Lipinski definition) is 3. The van der Waals surface area contributed by atoms with Gasteiger partial charge in [-0.1, -0.05) is 23.8 Å².